The van der Waals surface area contributed by atoms with Gasteiger partial charge in [0.15, 0.2) is 0 Å². The number of hydrogen-bond donors (Lipinski definition) is 4. The molecule has 0 saturated heterocycles. The van der Waals surface area contributed by atoms with Gasteiger partial charge in [0.2, 0.25) is 5.91 Å². The van der Waals surface area contributed by atoms with Gasteiger partial charge in [-0.05, 0) is 6.42 Å². The second-order valence-corrected chi connectivity index (χ2v) is 9.77. The summed E-state index contributed by atoms with van der Waals surface area (Å²) in [6.45, 7) is 8.85. The minimum Gasteiger partial charge on any atom is -0.355 e. The highest BCUT2D eigenvalue weighted by Crippen LogP contribution is 2.41. The van der Waals surface area contributed by atoms with E-state index in [9.17, 15) is 14.2 Å². The lowest BCUT2D eigenvalue weighted by Gasteiger charge is -2.17. The summed E-state index contributed by atoms with van der Waals surface area (Å²) in [6, 6.07) is 0.359. The van der Waals surface area contributed by atoms with Crippen molar-refractivity contribution in [1.29, 1.82) is 0 Å². The van der Waals surface area contributed by atoms with Crippen LogP contribution < -0.4 is 10.6 Å². The van der Waals surface area contributed by atoms with E-state index in [0.29, 0.717) is 25.6 Å². The maximum atomic E-state index is 11.9. The predicted molar refractivity (Wildman–Crippen MR) is 98.1 cm³/mol. The number of hydrogen-bond acceptors (Lipinski definition) is 5. The molecule has 0 aromatic heterocycles. The number of Topliss-reactive ketones (excluding diaryl/α,β-unsaturated/α-hetero) is 1. The van der Waals surface area contributed by atoms with Crippen molar-refractivity contribution in [3.63, 3.8) is 0 Å². The van der Waals surface area contributed by atoms with Gasteiger partial charge in [0.25, 0.3) is 0 Å². The van der Waals surface area contributed by atoms with Crippen LogP contribution in [0, 0.1) is 5.92 Å². The van der Waals surface area contributed by atoms with E-state index in [1.807, 2.05) is 13.8 Å². The fourth-order valence-electron chi connectivity index (χ4n) is 1.85. The van der Waals surface area contributed by atoms with Crippen molar-refractivity contribution in [3.8, 4) is 0 Å². The van der Waals surface area contributed by atoms with Crippen molar-refractivity contribution in [3.05, 3.63) is 0 Å². The van der Waals surface area contributed by atoms with Gasteiger partial charge in [-0.15, -0.1) is 11.8 Å². The first kappa shape index (κ1) is 23.6. The van der Waals surface area contributed by atoms with Crippen molar-refractivity contribution in [2.75, 3.05) is 18.6 Å². The highest BCUT2D eigenvalue weighted by atomic mass is 32.2. The van der Waals surface area contributed by atoms with Crippen molar-refractivity contribution >= 4 is 31.0 Å². The van der Waals surface area contributed by atoms with Crippen LogP contribution in [-0.4, -0.2) is 51.4 Å². The summed E-state index contributed by atoms with van der Waals surface area (Å²) >= 11 is 1.07. The fraction of sp³-hybridized carbons (Fsp3) is 0.867. The Bertz CT molecular complexity index is 440. The number of carbonyl (C=O) groups is 2. The third-order valence-electron chi connectivity index (χ3n) is 3.24. The zero-order valence-corrected chi connectivity index (χ0v) is 16.7. The molecule has 0 aromatic rings. The van der Waals surface area contributed by atoms with Gasteiger partial charge in [0.1, 0.15) is 5.78 Å². The van der Waals surface area contributed by atoms with Gasteiger partial charge < -0.3 is 20.4 Å². The molecule has 0 heterocycles. The molecule has 1 unspecified atom stereocenters. The summed E-state index contributed by atoms with van der Waals surface area (Å²) in [7, 11) is -4.12. The highest BCUT2D eigenvalue weighted by Gasteiger charge is 2.22. The zero-order valence-electron chi connectivity index (χ0n) is 14.9. The Morgan fingerprint density at radius 1 is 1.12 bits per heavy atom. The van der Waals surface area contributed by atoms with E-state index in [0.717, 1.165) is 11.8 Å². The van der Waals surface area contributed by atoms with Crippen molar-refractivity contribution in [2.24, 2.45) is 5.92 Å². The van der Waals surface area contributed by atoms with Crippen LogP contribution in [0.15, 0.2) is 0 Å². The normalized spacial score (nSPS) is 13.3. The molecule has 0 radical (unpaired) electrons. The van der Waals surface area contributed by atoms with E-state index in [1.54, 1.807) is 13.8 Å². The first-order valence-electron chi connectivity index (χ1n) is 8.20. The van der Waals surface area contributed by atoms with E-state index in [1.165, 1.54) is 0 Å². The molecule has 0 aliphatic rings. The van der Waals surface area contributed by atoms with Crippen LogP contribution in [0.1, 0.15) is 47.0 Å². The molecule has 4 N–H and O–H groups in total. The van der Waals surface area contributed by atoms with Gasteiger partial charge in [0.05, 0.1) is 5.49 Å². The number of rotatable bonds is 13. The van der Waals surface area contributed by atoms with E-state index in [2.05, 4.69) is 10.6 Å². The average Bonchev–Trinajstić information content (AvgIpc) is 2.45. The number of carbonyl (C=O) groups excluding carboxylic acids is 2. The molecule has 24 heavy (non-hydrogen) atoms. The molecule has 0 fully saturated rings. The molecule has 0 saturated carbocycles. The molecule has 0 spiro atoms. The quantitative estimate of drug-likeness (QED) is 0.283. The van der Waals surface area contributed by atoms with E-state index >= 15 is 0 Å². The first-order valence-corrected chi connectivity index (χ1v) is 11.0. The molecule has 1 atom stereocenters. The molecule has 9 heteroatoms. The second-order valence-electron chi connectivity index (χ2n) is 6.41. The molecule has 0 bridgehead atoms. The molecule has 0 aliphatic heterocycles. The molecule has 0 aliphatic carbocycles. The number of ketones is 1. The van der Waals surface area contributed by atoms with Crippen molar-refractivity contribution in [2.45, 2.75) is 58.2 Å². The first-order chi connectivity index (χ1) is 11.0. The van der Waals surface area contributed by atoms with Crippen LogP contribution in [0.25, 0.3) is 0 Å². The van der Waals surface area contributed by atoms with Crippen LogP contribution in [0.2, 0.25) is 0 Å². The van der Waals surface area contributed by atoms with Crippen molar-refractivity contribution in [1.82, 2.24) is 10.6 Å². The number of nitrogens with one attached hydrogen (secondary N) is 2. The standard InChI is InChI=1S/C15H31N2O5PS/c1-11(2)14(18)9-13(24-10-23(20,21)22)5-6-15(19)17-8-7-16-12(3)4/h11-13,16H,5-10H2,1-4H3,(H,17,19)(H2,20,21,22). The van der Waals surface area contributed by atoms with Crippen LogP contribution in [0.4, 0.5) is 0 Å². The molecule has 0 rings (SSSR count). The predicted octanol–water partition coefficient (Wildman–Crippen LogP) is 1.73. The Kier molecular flexibility index (Phi) is 11.8. The summed E-state index contributed by atoms with van der Waals surface area (Å²) in [5.74, 6) is -0.196. The minimum atomic E-state index is -4.12. The fourth-order valence-corrected chi connectivity index (χ4v) is 4.04. The van der Waals surface area contributed by atoms with Crippen LogP contribution in [-0.2, 0) is 14.2 Å². The summed E-state index contributed by atoms with van der Waals surface area (Å²) in [5, 5.41) is 5.73. The Balaban J connectivity index is 4.30. The van der Waals surface area contributed by atoms with Gasteiger partial charge in [-0.2, -0.15) is 0 Å². The lowest BCUT2D eigenvalue weighted by Crippen LogP contribution is -2.34. The molecule has 1 amide bonds. The number of thioether (sulfide) groups is 1. The van der Waals surface area contributed by atoms with Gasteiger partial charge >= 0.3 is 7.60 Å². The third-order valence-corrected chi connectivity index (χ3v) is 6.06. The van der Waals surface area contributed by atoms with Crippen LogP contribution in [0.5, 0.6) is 0 Å². The van der Waals surface area contributed by atoms with Gasteiger partial charge in [0, 0.05) is 43.1 Å². The highest BCUT2D eigenvalue weighted by molar-refractivity contribution is 8.04. The van der Waals surface area contributed by atoms with Crippen molar-refractivity contribution < 1.29 is 23.9 Å². The lowest BCUT2D eigenvalue weighted by molar-refractivity contribution is -0.123. The van der Waals surface area contributed by atoms with Gasteiger partial charge in [-0.1, -0.05) is 27.7 Å². The Morgan fingerprint density at radius 2 is 1.75 bits per heavy atom. The van der Waals surface area contributed by atoms with E-state index < -0.39 is 7.60 Å². The lowest BCUT2D eigenvalue weighted by atomic mass is 10.0. The summed E-state index contributed by atoms with van der Waals surface area (Å²) < 4.78 is 11.0. The summed E-state index contributed by atoms with van der Waals surface area (Å²) in [6.07, 6.45) is 0.892. The van der Waals surface area contributed by atoms with Gasteiger partial charge in [-0.3, -0.25) is 14.2 Å². The maximum absolute atomic E-state index is 11.9. The summed E-state index contributed by atoms with van der Waals surface area (Å²) in [5.41, 5.74) is -0.330. The van der Waals surface area contributed by atoms with E-state index in [4.69, 9.17) is 9.79 Å². The van der Waals surface area contributed by atoms with E-state index in [-0.39, 0.29) is 41.2 Å². The van der Waals surface area contributed by atoms with Gasteiger partial charge in [-0.25, -0.2) is 0 Å². The Hall–Kier alpha value is -0.400. The smallest absolute Gasteiger partial charge is 0.335 e. The topological polar surface area (TPSA) is 116 Å². The monoisotopic (exact) mass is 382 g/mol. The maximum Gasteiger partial charge on any atom is 0.335 e. The van der Waals surface area contributed by atoms with Crippen LogP contribution in [0.3, 0.4) is 0 Å². The molecule has 0 aromatic carbocycles. The molecular formula is C15H31N2O5PS. The Labute approximate surface area is 148 Å². The van der Waals surface area contributed by atoms with Crippen LogP contribution >= 0.6 is 19.4 Å². The SMILES string of the molecule is CC(C)NCCNC(=O)CCC(CC(=O)C(C)C)SCP(=O)(O)O. The largest absolute Gasteiger partial charge is 0.355 e. The minimum absolute atomic E-state index is 0.0414. The molecular weight excluding hydrogens is 351 g/mol. The zero-order chi connectivity index (χ0) is 18.8. The Morgan fingerprint density at radius 3 is 2.25 bits per heavy atom. The average molecular weight is 382 g/mol. The molecule has 142 valence electrons. The number of amides is 1. The summed E-state index contributed by atoms with van der Waals surface area (Å²) in [4.78, 5) is 41.7. The third kappa shape index (κ3) is 14.0. The molecule has 7 nitrogen and oxygen atoms in total. The second kappa shape index (κ2) is 12.0.